The third-order valence-corrected chi connectivity index (χ3v) is 3.10. The Morgan fingerprint density at radius 2 is 1.89 bits per heavy atom. The fourth-order valence-corrected chi connectivity index (χ4v) is 1.94. The summed E-state index contributed by atoms with van der Waals surface area (Å²) in [4.78, 5) is 0. The molecule has 0 atom stereocenters. The van der Waals surface area contributed by atoms with Crippen molar-refractivity contribution in [1.82, 2.24) is 0 Å². The standard InChI is InChI=1S/C17H18O2/c1-3-13-8-10-15(11-9-13)19-12-14-6-5-7-17(18)16(14)4-2/h4-11,18H,2-3,12H2,1H3. The third-order valence-electron chi connectivity index (χ3n) is 3.10. The Kier molecular flexibility index (Phi) is 4.24. The summed E-state index contributed by atoms with van der Waals surface area (Å²) >= 11 is 0. The van der Waals surface area contributed by atoms with Gasteiger partial charge in [-0.05, 0) is 30.2 Å². The highest BCUT2D eigenvalue weighted by Crippen LogP contribution is 2.23. The Morgan fingerprint density at radius 3 is 2.53 bits per heavy atom. The first-order valence-electron chi connectivity index (χ1n) is 6.39. The van der Waals surface area contributed by atoms with Gasteiger partial charge in [0.05, 0.1) is 0 Å². The van der Waals surface area contributed by atoms with Gasteiger partial charge in [-0.1, -0.05) is 43.8 Å². The van der Waals surface area contributed by atoms with Crippen molar-refractivity contribution in [3.63, 3.8) is 0 Å². The van der Waals surface area contributed by atoms with Gasteiger partial charge < -0.3 is 9.84 Å². The highest BCUT2D eigenvalue weighted by atomic mass is 16.5. The van der Waals surface area contributed by atoms with Gasteiger partial charge in [0, 0.05) is 11.1 Å². The van der Waals surface area contributed by atoms with E-state index < -0.39 is 0 Å². The maximum Gasteiger partial charge on any atom is 0.123 e. The second kappa shape index (κ2) is 6.10. The van der Waals surface area contributed by atoms with Crippen molar-refractivity contribution in [3.05, 3.63) is 65.7 Å². The number of phenols is 1. The van der Waals surface area contributed by atoms with Crippen molar-refractivity contribution in [2.75, 3.05) is 0 Å². The molecule has 0 spiro atoms. The van der Waals surface area contributed by atoms with Crippen LogP contribution >= 0.6 is 0 Å². The molecule has 2 aromatic carbocycles. The molecular weight excluding hydrogens is 236 g/mol. The SMILES string of the molecule is C=Cc1c(O)cccc1COc1ccc(CC)cc1. The van der Waals surface area contributed by atoms with E-state index in [0.717, 1.165) is 23.3 Å². The van der Waals surface area contributed by atoms with Crippen molar-refractivity contribution in [2.45, 2.75) is 20.0 Å². The average molecular weight is 254 g/mol. The Bertz CT molecular complexity index is 556. The molecule has 0 saturated heterocycles. The second-order valence-corrected chi connectivity index (χ2v) is 4.34. The molecule has 0 amide bonds. The summed E-state index contributed by atoms with van der Waals surface area (Å²) in [5, 5.41) is 9.73. The number of benzene rings is 2. The number of hydrogen-bond donors (Lipinski definition) is 1. The fraction of sp³-hybridized carbons (Fsp3) is 0.176. The number of hydrogen-bond acceptors (Lipinski definition) is 2. The first-order chi connectivity index (χ1) is 9.24. The van der Waals surface area contributed by atoms with E-state index in [-0.39, 0.29) is 5.75 Å². The third kappa shape index (κ3) is 3.16. The van der Waals surface area contributed by atoms with E-state index in [1.807, 2.05) is 18.2 Å². The topological polar surface area (TPSA) is 29.5 Å². The maximum absolute atomic E-state index is 9.73. The van der Waals surface area contributed by atoms with Crippen LogP contribution in [0.5, 0.6) is 11.5 Å². The van der Waals surface area contributed by atoms with Gasteiger partial charge in [0.15, 0.2) is 0 Å². The summed E-state index contributed by atoms with van der Waals surface area (Å²) < 4.78 is 5.73. The summed E-state index contributed by atoms with van der Waals surface area (Å²) in [5.74, 6) is 1.06. The van der Waals surface area contributed by atoms with Crippen LogP contribution in [-0.2, 0) is 13.0 Å². The van der Waals surface area contributed by atoms with Gasteiger partial charge in [-0.3, -0.25) is 0 Å². The van der Waals surface area contributed by atoms with E-state index in [1.165, 1.54) is 5.56 Å². The van der Waals surface area contributed by atoms with Crippen LogP contribution in [0.25, 0.3) is 6.08 Å². The molecule has 2 nitrogen and oxygen atoms in total. The molecule has 2 heteroatoms. The van der Waals surface area contributed by atoms with Gasteiger partial charge >= 0.3 is 0 Å². The lowest BCUT2D eigenvalue weighted by Crippen LogP contribution is -1.98. The molecule has 98 valence electrons. The van der Waals surface area contributed by atoms with Crippen molar-refractivity contribution in [3.8, 4) is 11.5 Å². The summed E-state index contributed by atoms with van der Waals surface area (Å²) in [6.45, 7) is 6.26. The normalized spacial score (nSPS) is 10.2. The van der Waals surface area contributed by atoms with E-state index in [0.29, 0.717) is 6.61 Å². The zero-order valence-electron chi connectivity index (χ0n) is 11.1. The zero-order chi connectivity index (χ0) is 13.7. The molecule has 0 heterocycles. The van der Waals surface area contributed by atoms with Gasteiger partial charge in [-0.2, -0.15) is 0 Å². The first-order valence-corrected chi connectivity index (χ1v) is 6.39. The molecule has 2 rings (SSSR count). The molecule has 0 fully saturated rings. The van der Waals surface area contributed by atoms with E-state index in [4.69, 9.17) is 4.74 Å². The van der Waals surface area contributed by atoms with Crippen molar-refractivity contribution < 1.29 is 9.84 Å². The molecule has 0 radical (unpaired) electrons. The second-order valence-electron chi connectivity index (χ2n) is 4.34. The van der Waals surface area contributed by atoms with Crippen LogP contribution in [-0.4, -0.2) is 5.11 Å². The Hall–Kier alpha value is -2.22. The van der Waals surface area contributed by atoms with Crippen LogP contribution in [0.1, 0.15) is 23.6 Å². The maximum atomic E-state index is 9.73. The Morgan fingerprint density at radius 1 is 1.16 bits per heavy atom. The smallest absolute Gasteiger partial charge is 0.123 e. The molecule has 0 saturated carbocycles. The van der Waals surface area contributed by atoms with Crippen LogP contribution in [0.2, 0.25) is 0 Å². The van der Waals surface area contributed by atoms with Crippen LogP contribution in [0, 0.1) is 0 Å². The molecule has 2 aromatic rings. The lowest BCUT2D eigenvalue weighted by atomic mass is 10.1. The van der Waals surface area contributed by atoms with Crippen molar-refractivity contribution in [1.29, 1.82) is 0 Å². The lowest BCUT2D eigenvalue weighted by Gasteiger charge is -2.10. The Labute approximate surface area is 114 Å². The van der Waals surface area contributed by atoms with E-state index in [9.17, 15) is 5.11 Å². The molecule has 0 aromatic heterocycles. The fourth-order valence-electron chi connectivity index (χ4n) is 1.94. The van der Waals surface area contributed by atoms with Crippen LogP contribution in [0.3, 0.4) is 0 Å². The minimum absolute atomic E-state index is 0.234. The minimum Gasteiger partial charge on any atom is -0.507 e. The van der Waals surface area contributed by atoms with Gasteiger partial charge in [0.1, 0.15) is 18.1 Å². The largest absolute Gasteiger partial charge is 0.507 e. The summed E-state index contributed by atoms with van der Waals surface area (Å²) in [5.41, 5.74) is 2.94. The minimum atomic E-state index is 0.234. The molecule has 0 aliphatic carbocycles. The van der Waals surface area contributed by atoms with Gasteiger partial charge in [0.25, 0.3) is 0 Å². The zero-order valence-corrected chi connectivity index (χ0v) is 11.1. The first kappa shape index (κ1) is 13.2. The molecule has 0 bridgehead atoms. The van der Waals surface area contributed by atoms with E-state index >= 15 is 0 Å². The van der Waals surface area contributed by atoms with Crippen LogP contribution in [0.15, 0.2) is 49.0 Å². The number of phenolic OH excluding ortho intramolecular Hbond substituents is 1. The quantitative estimate of drug-likeness (QED) is 0.867. The highest BCUT2D eigenvalue weighted by molar-refractivity contribution is 5.59. The molecular formula is C17H18O2. The summed E-state index contributed by atoms with van der Waals surface area (Å²) in [6.07, 6.45) is 2.67. The van der Waals surface area contributed by atoms with E-state index in [1.54, 1.807) is 18.2 Å². The average Bonchev–Trinajstić information content (AvgIpc) is 2.45. The summed E-state index contributed by atoms with van der Waals surface area (Å²) in [7, 11) is 0. The number of ether oxygens (including phenoxy) is 1. The predicted molar refractivity (Wildman–Crippen MR) is 78.3 cm³/mol. The predicted octanol–water partition coefficient (Wildman–Crippen LogP) is 4.18. The summed E-state index contributed by atoms with van der Waals surface area (Å²) in [6, 6.07) is 13.4. The van der Waals surface area contributed by atoms with Gasteiger partial charge in [0.2, 0.25) is 0 Å². The highest BCUT2D eigenvalue weighted by Gasteiger charge is 2.05. The van der Waals surface area contributed by atoms with Gasteiger partial charge in [-0.25, -0.2) is 0 Å². The van der Waals surface area contributed by atoms with Crippen LogP contribution in [0.4, 0.5) is 0 Å². The number of aromatic hydroxyl groups is 1. The molecule has 0 aliphatic heterocycles. The molecule has 0 aliphatic rings. The Balaban J connectivity index is 2.09. The van der Waals surface area contributed by atoms with Crippen molar-refractivity contribution in [2.24, 2.45) is 0 Å². The van der Waals surface area contributed by atoms with Gasteiger partial charge in [-0.15, -0.1) is 0 Å². The van der Waals surface area contributed by atoms with E-state index in [2.05, 4.69) is 25.6 Å². The van der Waals surface area contributed by atoms with Crippen molar-refractivity contribution >= 4 is 6.08 Å². The molecule has 0 unspecified atom stereocenters. The van der Waals surface area contributed by atoms with Crippen LogP contribution < -0.4 is 4.74 Å². The molecule has 19 heavy (non-hydrogen) atoms. The lowest BCUT2D eigenvalue weighted by molar-refractivity contribution is 0.305. The monoisotopic (exact) mass is 254 g/mol. The number of rotatable bonds is 5. The number of aryl methyl sites for hydroxylation is 1. The molecule has 1 N–H and O–H groups in total.